The number of rotatable bonds is 6. The average molecular weight is 454 g/mol. The van der Waals surface area contributed by atoms with E-state index in [2.05, 4.69) is 64.6 Å². The van der Waals surface area contributed by atoms with Crippen LogP contribution in [0.4, 0.5) is 5.69 Å². The molecule has 0 radical (unpaired) electrons. The first-order valence-corrected chi connectivity index (χ1v) is 10.8. The summed E-state index contributed by atoms with van der Waals surface area (Å²) in [7, 11) is 0. The van der Waals surface area contributed by atoms with Crippen molar-refractivity contribution in [3.8, 4) is 0 Å². The second-order valence-corrected chi connectivity index (χ2v) is 7.87. The van der Waals surface area contributed by atoms with Gasteiger partial charge in [-0.05, 0) is 42.6 Å². The van der Waals surface area contributed by atoms with Crippen molar-refractivity contribution in [2.75, 3.05) is 11.9 Å². The molecule has 2 heterocycles. The van der Waals surface area contributed by atoms with E-state index in [-0.39, 0.29) is 5.91 Å². The molecule has 0 spiro atoms. The lowest BCUT2D eigenvalue weighted by Crippen LogP contribution is -2.27. The Labute approximate surface area is 188 Å². The lowest BCUT2D eigenvalue weighted by Gasteiger charge is -2.07. The Bertz CT molecular complexity index is 1240. The molecule has 0 atom stereocenters. The van der Waals surface area contributed by atoms with E-state index in [0.717, 1.165) is 12.2 Å². The molecule has 0 saturated carbocycles. The largest absolute Gasteiger partial charge is 0.473 e. The van der Waals surface area contributed by atoms with Gasteiger partial charge in [-0.3, -0.25) is 4.79 Å². The highest BCUT2D eigenvalue weighted by atomic mass is 32.1. The van der Waals surface area contributed by atoms with Gasteiger partial charge in [0.1, 0.15) is 0 Å². The van der Waals surface area contributed by atoms with Gasteiger partial charge in [0, 0.05) is 45.5 Å². The Morgan fingerprint density at radius 2 is 1.66 bits per heavy atom. The molecule has 0 unspecified atom stereocenters. The molecule has 2 aromatic heterocycles. The number of anilines is 1. The van der Waals surface area contributed by atoms with Crippen molar-refractivity contribution in [2.24, 2.45) is 0 Å². The molecular formula is C23H23N3O5S. The number of amides is 1. The Morgan fingerprint density at radius 3 is 2.31 bits per heavy atom. The number of aliphatic carboxylic acids is 2. The predicted octanol–water partition coefficient (Wildman–Crippen LogP) is 3.76. The molecule has 2 aromatic carbocycles. The molecule has 4 rings (SSSR count). The molecule has 0 aliphatic rings. The molecule has 0 fully saturated rings. The number of hydrogen-bond donors (Lipinski definition) is 4. The fourth-order valence-corrected chi connectivity index (χ4v) is 4.06. The van der Waals surface area contributed by atoms with Gasteiger partial charge in [0.25, 0.3) is 0 Å². The summed E-state index contributed by atoms with van der Waals surface area (Å²) in [6, 6.07) is 18.6. The maximum atomic E-state index is 12.2. The zero-order chi connectivity index (χ0) is 23.1. The smallest absolute Gasteiger partial charge is 0.414 e. The molecule has 0 saturated heterocycles. The summed E-state index contributed by atoms with van der Waals surface area (Å²) >= 11 is 1.69. The molecule has 4 N–H and O–H groups in total. The summed E-state index contributed by atoms with van der Waals surface area (Å²) in [4.78, 5) is 31.7. The van der Waals surface area contributed by atoms with E-state index in [0.29, 0.717) is 13.1 Å². The predicted molar refractivity (Wildman–Crippen MR) is 125 cm³/mol. The second-order valence-electron chi connectivity index (χ2n) is 6.83. The molecule has 166 valence electrons. The van der Waals surface area contributed by atoms with Crippen molar-refractivity contribution in [1.29, 1.82) is 0 Å². The minimum absolute atomic E-state index is 0.0277. The van der Waals surface area contributed by atoms with Gasteiger partial charge in [0.2, 0.25) is 5.91 Å². The normalized spacial score (nSPS) is 10.5. The lowest BCUT2D eigenvalue weighted by molar-refractivity contribution is -0.159. The number of para-hydroxylation sites is 1. The standard InChI is InChI=1S/C21H21N3OS.C2H2O4/c1-2-24-19-8-4-3-7-17(19)18-12-15(9-10-20(18)24)23-21(25)14-22-13-16-6-5-11-26-16;3-1(4)2(5)6/h3-12,22H,2,13-14H2,1H3,(H,23,25);(H,3,4)(H,5,6). The summed E-state index contributed by atoms with van der Waals surface area (Å²) in [5.41, 5.74) is 3.26. The van der Waals surface area contributed by atoms with Gasteiger partial charge in [-0.15, -0.1) is 11.3 Å². The minimum Gasteiger partial charge on any atom is -0.473 e. The van der Waals surface area contributed by atoms with Crippen LogP contribution in [-0.2, 0) is 27.5 Å². The fourth-order valence-electron chi connectivity index (χ4n) is 3.39. The van der Waals surface area contributed by atoms with Crippen LogP contribution in [0, 0.1) is 0 Å². The number of benzene rings is 2. The van der Waals surface area contributed by atoms with E-state index in [4.69, 9.17) is 19.8 Å². The number of nitrogens with one attached hydrogen (secondary N) is 2. The molecule has 1 amide bonds. The summed E-state index contributed by atoms with van der Waals surface area (Å²) in [5.74, 6) is -3.68. The van der Waals surface area contributed by atoms with Crippen molar-refractivity contribution in [3.05, 3.63) is 64.9 Å². The topological polar surface area (TPSA) is 121 Å². The number of fused-ring (bicyclic) bond motifs is 3. The summed E-state index contributed by atoms with van der Waals surface area (Å²) < 4.78 is 2.30. The Kier molecular flexibility index (Phi) is 7.58. The molecular weight excluding hydrogens is 430 g/mol. The number of aryl methyl sites for hydroxylation is 1. The van der Waals surface area contributed by atoms with Crippen LogP contribution < -0.4 is 10.6 Å². The SMILES string of the molecule is CCn1c2ccccc2c2cc(NC(=O)CNCc3cccs3)ccc21.O=C(O)C(=O)O. The van der Waals surface area contributed by atoms with Crippen molar-refractivity contribution >= 4 is 56.7 Å². The van der Waals surface area contributed by atoms with Gasteiger partial charge < -0.3 is 25.4 Å². The van der Waals surface area contributed by atoms with Gasteiger partial charge in [-0.1, -0.05) is 24.3 Å². The number of carboxylic acids is 2. The lowest BCUT2D eigenvalue weighted by atomic mass is 10.1. The van der Waals surface area contributed by atoms with Crippen LogP contribution in [0.2, 0.25) is 0 Å². The number of nitrogens with zero attached hydrogens (tertiary/aromatic N) is 1. The number of carbonyl (C=O) groups excluding carboxylic acids is 1. The Morgan fingerprint density at radius 1 is 0.938 bits per heavy atom. The van der Waals surface area contributed by atoms with Crippen LogP contribution in [0.15, 0.2) is 60.0 Å². The highest BCUT2D eigenvalue weighted by Crippen LogP contribution is 2.30. The molecule has 32 heavy (non-hydrogen) atoms. The van der Waals surface area contributed by atoms with Crippen molar-refractivity contribution in [3.63, 3.8) is 0 Å². The second kappa shape index (κ2) is 10.6. The monoisotopic (exact) mass is 453 g/mol. The average Bonchev–Trinajstić information content (AvgIpc) is 3.40. The third kappa shape index (κ3) is 5.51. The van der Waals surface area contributed by atoms with Crippen LogP contribution in [-0.4, -0.2) is 39.2 Å². The highest BCUT2D eigenvalue weighted by Gasteiger charge is 2.10. The van der Waals surface area contributed by atoms with Crippen molar-refractivity contribution in [2.45, 2.75) is 20.0 Å². The molecule has 9 heteroatoms. The van der Waals surface area contributed by atoms with Crippen LogP contribution in [0.5, 0.6) is 0 Å². The van der Waals surface area contributed by atoms with Gasteiger partial charge in [0.15, 0.2) is 0 Å². The quantitative estimate of drug-likeness (QED) is 0.330. The number of aromatic nitrogens is 1. The summed E-state index contributed by atoms with van der Waals surface area (Å²) in [6.07, 6.45) is 0. The van der Waals surface area contributed by atoms with Gasteiger partial charge in [-0.2, -0.15) is 0 Å². The maximum absolute atomic E-state index is 12.2. The zero-order valence-electron chi connectivity index (χ0n) is 17.4. The third-order valence-corrected chi connectivity index (χ3v) is 5.60. The number of carbonyl (C=O) groups is 3. The van der Waals surface area contributed by atoms with E-state index in [1.807, 2.05) is 17.5 Å². The van der Waals surface area contributed by atoms with Crippen LogP contribution in [0.25, 0.3) is 21.8 Å². The number of thiophene rings is 1. The summed E-state index contributed by atoms with van der Waals surface area (Å²) in [6.45, 7) is 4.09. The van der Waals surface area contributed by atoms with Gasteiger partial charge in [-0.25, -0.2) is 9.59 Å². The van der Waals surface area contributed by atoms with Crippen molar-refractivity contribution < 1.29 is 24.6 Å². The highest BCUT2D eigenvalue weighted by molar-refractivity contribution is 7.09. The number of hydrogen-bond acceptors (Lipinski definition) is 5. The van der Waals surface area contributed by atoms with E-state index >= 15 is 0 Å². The van der Waals surface area contributed by atoms with Gasteiger partial charge >= 0.3 is 11.9 Å². The Balaban J connectivity index is 0.000000427. The first kappa shape index (κ1) is 23.0. The third-order valence-electron chi connectivity index (χ3n) is 4.72. The zero-order valence-corrected chi connectivity index (χ0v) is 18.2. The molecule has 4 aromatic rings. The molecule has 0 bridgehead atoms. The molecule has 0 aliphatic heterocycles. The van der Waals surface area contributed by atoms with Crippen LogP contribution in [0.3, 0.4) is 0 Å². The fraction of sp³-hybridized carbons (Fsp3) is 0.174. The number of carboxylic acid groups (broad SMARTS) is 2. The van der Waals surface area contributed by atoms with Gasteiger partial charge in [0.05, 0.1) is 6.54 Å². The Hall–Kier alpha value is -3.69. The maximum Gasteiger partial charge on any atom is 0.414 e. The van der Waals surface area contributed by atoms with E-state index in [9.17, 15) is 4.79 Å². The van der Waals surface area contributed by atoms with E-state index in [1.54, 1.807) is 11.3 Å². The van der Waals surface area contributed by atoms with Crippen LogP contribution in [0.1, 0.15) is 11.8 Å². The minimum atomic E-state index is -1.82. The molecule has 0 aliphatic carbocycles. The van der Waals surface area contributed by atoms with Crippen molar-refractivity contribution in [1.82, 2.24) is 9.88 Å². The molecule has 8 nitrogen and oxygen atoms in total. The van der Waals surface area contributed by atoms with E-state index in [1.165, 1.54) is 26.7 Å². The first-order valence-electron chi connectivity index (χ1n) is 9.90. The van der Waals surface area contributed by atoms with E-state index < -0.39 is 11.9 Å². The van der Waals surface area contributed by atoms with Crippen LogP contribution >= 0.6 is 11.3 Å². The summed E-state index contributed by atoms with van der Waals surface area (Å²) in [5, 5.41) is 25.4. The first-order chi connectivity index (χ1) is 15.4.